The summed E-state index contributed by atoms with van der Waals surface area (Å²) in [5.41, 5.74) is 2.37. The van der Waals surface area contributed by atoms with Crippen molar-refractivity contribution < 1.29 is 9.59 Å². The monoisotopic (exact) mass is 370 g/mol. The first-order valence-corrected chi connectivity index (χ1v) is 10.3. The molecule has 3 fully saturated rings. The van der Waals surface area contributed by atoms with Gasteiger partial charge in [-0.25, -0.2) is 4.79 Å². The van der Waals surface area contributed by atoms with Gasteiger partial charge in [-0.15, -0.1) is 0 Å². The van der Waals surface area contributed by atoms with E-state index < -0.39 is 0 Å². The van der Waals surface area contributed by atoms with Gasteiger partial charge in [0.1, 0.15) is 0 Å². The van der Waals surface area contributed by atoms with Gasteiger partial charge < -0.3 is 20.4 Å². The average Bonchev–Trinajstić information content (AvgIpc) is 3.14. The second-order valence-electron chi connectivity index (χ2n) is 8.23. The van der Waals surface area contributed by atoms with Crippen molar-refractivity contribution in [3.05, 3.63) is 29.3 Å². The topological polar surface area (TPSA) is 64.7 Å². The molecule has 1 aromatic rings. The van der Waals surface area contributed by atoms with Crippen LogP contribution in [0.4, 0.5) is 10.5 Å². The molecule has 4 rings (SSSR count). The lowest BCUT2D eigenvalue weighted by Gasteiger charge is -2.27. The fraction of sp³-hybridized carbons (Fsp3) is 0.619. The molecule has 0 aliphatic carbocycles. The number of urea groups is 1. The van der Waals surface area contributed by atoms with Gasteiger partial charge >= 0.3 is 6.03 Å². The summed E-state index contributed by atoms with van der Waals surface area (Å²) in [6.45, 7) is 7.34. The molecule has 3 heterocycles. The molecule has 3 aliphatic heterocycles. The zero-order valence-electron chi connectivity index (χ0n) is 16.2. The molecular formula is C21H30N4O2. The van der Waals surface area contributed by atoms with E-state index in [9.17, 15) is 9.59 Å². The number of piperidine rings is 2. The molecule has 3 saturated heterocycles. The number of nitrogens with one attached hydrogen (secondary N) is 2. The molecular weight excluding hydrogens is 340 g/mol. The van der Waals surface area contributed by atoms with Crippen molar-refractivity contribution >= 4 is 17.6 Å². The lowest BCUT2D eigenvalue weighted by Crippen LogP contribution is -2.36. The molecule has 6 nitrogen and oxygen atoms in total. The van der Waals surface area contributed by atoms with Crippen molar-refractivity contribution in [2.24, 2.45) is 11.8 Å². The quantitative estimate of drug-likeness (QED) is 0.841. The van der Waals surface area contributed by atoms with Gasteiger partial charge in [-0.1, -0.05) is 6.07 Å². The first-order chi connectivity index (χ1) is 13.1. The smallest absolute Gasteiger partial charge is 0.321 e. The van der Waals surface area contributed by atoms with Gasteiger partial charge in [-0.2, -0.15) is 0 Å². The molecule has 3 amide bonds. The number of hydrogen-bond acceptors (Lipinski definition) is 3. The first kappa shape index (κ1) is 18.3. The number of likely N-dealkylation sites (tertiary alicyclic amines) is 2. The third-order valence-corrected chi connectivity index (χ3v) is 6.32. The molecule has 146 valence electrons. The lowest BCUT2D eigenvalue weighted by molar-refractivity contribution is 0.0723. The molecule has 6 heteroatoms. The summed E-state index contributed by atoms with van der Waals surface area (Å²) in [6.07, 6.45) is 4.50. The number of fused-ring (bicyclic) bond motifs is 1. The molecule has 1 aromatic carbocycles. The highest BCUT2D eigenvalue weighted by Crippen LogP contribution is 2.28. The maximum absolute atomic E-state index is 12.9. The minimum atomic E-state index is -0.0513. The van der Waals surface area contributed by atoms with Gasteiger partial charge in [0.15, 0.2) is 0 Å². The molecule has 27 heavy (non-hydrogen) atoms. The Bertz CT molecular complexity index is 700. The zero-order valence-corrected chi connectivity index (χ0v) is 16.2. The largest absolute Gasteiger partial charge is 0.339 e. The van der Waals surface area contributed by atoms with Gasteiger partial charge in [0.2, 0.25) is 0 Å². The minimum Gasteiger partial charge on any atom is -0.339 e. The fourth-order valence-corrected chi connectivity index (χ4v) is 4.64. The third-order valence-electron chi connectivity index (χ3n) is 6.32. The van der Waals surface area contributed by atoms with E-state index in [4.69, 9.17) is 0 Å². The minimum absolute atomic E-state index is 0.0513. The molecule has 0 spiro atoms. The van der Waals surface area contributed by atoms with E-state index in [0.717, 1.165) is 64.1 Å². The van der Waals surface area contributed by atoms with Gasteiger partial charge in [-0.05, 0) is 75.2 Å². The van der Waals surface area contributed by atoms with Crippen LogP contribution in [-0.4, -0.2) is 61.0 Å². The van der Waals surface area contributed by atoms with E-state index in [-0.39, 0.29) is 11.9 Å². The summed E-state index contributed by atoms with van der Waals surface area (Å²) < 4.78 is 0. The number of amides is 3. The van der Waals surface area contributed by atoms with Crippen molar-refractivity contribution in [2.45, 2.75) is 32.6 Å². The maximum Gasteiger partial charge on any atom is 0.321 e. The van der Waals surface area contributed by atoms with Crippen LogP contribution in [-0.2, 0) is 0 Å². The van der Waals surface area contributed by atoms with Crippen LogP contribution in [0.3, 0.4) is 0 Å². The molecule has 0 aromatic heterocycles. The Kier molecular flexibility index (Phi) is 5.34. The van der Waals surface area contributed by atoms with Gasteiger partial charge in [0, 0.05) is 37.4 Å². The van der Waals surface area contributed by atoms with Crippen LogP contribution in [0.1, 0.15) is 41.6 Å². The Morgan fingerprint density at radius 3 is 2.63 bits per heavy atom. The summed E-state index contributed by atoms with van der Waals surface area (Å²) in [5, 5.41) is 6.44. The maximum atomic E-state index is 12.9. The van der Waals surface area contributed by atoms with Crippen molar-refractivity contribution in [1.82, 2.24) is 15.1 Å². The second kappa shape index (κ2) is 7.89. The molecule has 2 N–H and O–H groups in total. The van der Waals surface area contributed by atoms with Crippen LogP contribution in [0.5, 0.6) is 0 Å². The van der Waals surface area contributed by atoms with E-state index in [1.807, 2.05) is 34.9 Å². The molecule has 0 saturated carbocycles. The second-order valence-corrected chi connectivity index (χ2v) is 8.23. The number of carbonyl (C=O) groups is 2. The summed E-state index contributed by atoms with van der Waals surface area (Å²) >= 11 is 0. The Labute approximate surface area is 161 Å². The Morgan fingerprint density at radius 1 is 1.07 bits per heavy atom. The Balaban J connectivity index is 1.43. The van der Waals surface area contributed by atoms with Crippen molar-refractivity contribution in [2.75, 3.05) is 44.6 Å². The van der Waals surface area contributed by atoms with Gasteiger partial charge in [-0.3, -0.25) is 4.79 Å². The van der Waals surface area contributed by atoms with Crippen LogP contribution < -0.4 is 10.6 Å². The van der Waals surface area contributed by atoms with E-state index in [1.165, 1.54) is 6.42 Å². The summed E-state index contributed by atoms with van der Waals surface area (Å²) in [6, 6.07) is 5.62. The van der Waals surface area contributed by atoms with Gasteiger partial charge in [0.25, 0.3) is 5.91 Å². The molecule has 2 atom stereocenters. The van der Waals surface area contributed by atoms with Crippen molar-refractivity contribution in [3.8, 4) is 0 Å². The normalized spacial score (nSPS) is 25.2. The first-order valence-electron chi connectivity index (χ1n) is 10.3. The number of carbonyl (C=O) groups excluding carboxylic acids is 2. The van der Waals surface area contributed by atoms with Crippen LogP contribution in [0.15, 0.2) is 18.2 Å². The van der Waals surface area contributed by atoms with E-state index in [0.29, 0.717) is 23.1 Å². The number of benzene rings is 1. The number of anilines is 1. The third kappa shape index (κ3) is 3.95. The SMILES string of the molecule is Cc1ccc(NC(=O)N2C[C@H]3CNCC[C@H]3C2)cc1C(=O)N1CCCCC1. The standard InChI is InChI=1S/C21H30N4O2/c1-15-5-6-18(11-19(15)20(26)24-9-3-2-4-10-24)23-21(27)25-13-16-7-8-22-12-17(16)14-25/h5-6,11,16-17,22H,2-4,7-10,12-14H2,1H3,(H,23,27)/t16-,17+/m0/s1. The highest BCUT2D eigenvalue weighted by Gasteiger charge is 2.36. The number of nitrogens with zero attached hydrogens (tertiary/aromatic N) is 2. The molecule has 0 radical (unpaired) electrons. The summed E-state index contributed by atoms with van der Waals surface area (Å²) in [5.74, 6) is 1.27. The number of hydrogen-bond donors (Lipinski definition) is 2. The fourth-order valence-electron chi connectivity index (χ4n) is 4.64. The average molecular weight is 370 g/mol. The highest BCUT2D eigenvalue weighted by atomic mass is 16.2. The molecule has 3 aliphatic rings. The Morgan fingerprint density at radius 2 is 1.85 bits per heavy atom. The Hall–Kier alpha value is -2.08. The van der Waals surface area contributed by atoms with Gasteiger partial charge in [0.05, 0.1) is 0 Å². The summed E-state index contributed by atoms with van der Waals surface area (Å²) in [4.78, 5) is 29.5. The summed E-state index contributed by atoms with van der Waals surface area (Å²) in [7, 11) is 0. The van der Waals surface area contributed by atoms with Crippen molar-refractivity contribution in [1.29, 1.82) is 0 Å². The van der Waals surface area contributed by atoms with Crippen LogP contribution in [0.2, 0.25) is 0 Å². The van der Waals surface area contributed by atoms with E-state index >= 15 is 0 Å². The zero-order chi connectivity index (χ0) is 18.8. The van der Waals surface area contributed by atoms with Crippen molar-refractivity contribution in [3.63, 3.8) is 0 Å². The predicted octanol–water partition coefficient (Wildman–Crippen LogP) is 2.69. The predicted molar refractivity (Wildman–Crippen MR) is 106 cm³/mol. The lowest BCUT2D eigenvalue weighted by atomic mass is 9.90. The van der Waals surface area contributed by atoms with Crippen LogP contribution >= 0.6 is 0 Å². The molecule has 0 unspecified atom stereocenters. The number of rotatable bonds is 2. The van der Waals surface area contributed by atoms with E-state index in [2.05, 4.69) is 10.6 Å². The molecule has 0 bridgehead atoms. The van der Waals surface area contributed by atoms with Crippen LogP contribution in [0.25, 0.3) is 0 Å². The number of aryl methyl sites for hydroxylation is 1. The van der Waals surface area contributed by atoms with E-state index in [1.54, 1.807) is 0 Å². The highest BCUT2D eigenvalue weighted by molar-refractivity contribution is 5.98. The van der Waals surface area contributed by atoms with Crippen LogP contribution in [0, 0.1) is 18.8 Å².